The number of nitrogens with two attached hydrogens (primary N) is 1. The van der Waals surface area contributed by atoms with E-state index in [2.05, 4.69) is 0 Å². The van der Waals surface area contributed by atoms with Gasteiger partial charge in [0.25, 0.3) is 0 Å². The summed E-state index contributed by atoms with van der Waals surface area (Å²) < 4.78 is 0. The van der Waals surface area contributed by atoms with Crippen molar-refractivity contribution in [2.24, 2.45) is 5.73 Å². The van der Waals surface area contributed by atoms with E-state index in [1.54, 1.807) is 0 Å². The summed E-state index contributed by atoms with van der Waals surface area (Å²) in [7, 11) is 0. The number of carboxylic acids is 2. The second kappa shape index (κ2) is 14.9. The quantitative estimate of drug-likeness (QED) is 0.153. The normalized spacial score (nSPS) is 16.4. The van der Waals surface area contributed by atoms with Gasteiger partial charge in [0.05, 0.1) is 12.6 Å². The van der Waals surface area contributed by atoms with Crippen LogP contribution in [0, 0.1) is 0 Å². The van der Waals surface area contributed by atoms with Crippen molar-refractivity contribution < 1.29 is 79.7 Å². The molecule has 0 amide bonds. The minimum atomic E-state index is -1.79. The topological polar surface area (TPSA) is 222 Å². The third-order valence-corrected chi connectivity index (χ3v) is 2.39. The summed E-state index contributed by atoms with van der Waals surface area (Å²) in [6.45, 7) is -0.760. The van der Waals surface area contributed by atoms with Gasteiger partial charge in [0, 0.05) is 12.5 Å². The largest absolute Gasteiger partial charge is 1.00 e. The molecule has 0 aliphatic heterocycles. The molecule has 0 aliphatic rings. The molecular formula is C11H20NNaO10. The third kappa shape index (κ3) is 13.5. The first-order chi connectivity index (χ1) is 10.1. The maximum absolute atomic E-state index is 9.90. The van der Waals surface area contributed by atoms with E-state index in [0.717, 1.165) is 0 Å². The van der Waals surface area contributed by atoms with Crippen LogP contribution in [0.3, 0.4) is 0 Å². The molecule has 0 aromatic heterocycles. The average molecular weight is 349 g/mol. The zero-order valence-electron chi connectivity index (χ0n) is 12.5. The van der Waals surface area contributed by atoms with Gasteiger partial charge in [-0.2, -0.15) is 0 Å². The van der Waals surface area contributed by atoms with Gasteiger partial charge in [-0.05, 0) is 6.42 Å². The Morgan fingerprint density at radius 3 is 1.91 bits per heavy atom. The van der Waals surface area contributed by atoms with Gasteiger partial charge in [0.15, 0.2) is 6.29 Å². The van der Waals surface area contributed by atoms with Crippen molar-refractivity contribution in [3.05, 3.63) is 0 Å². The minimum Gasteiger partial charge on any atom is -0.548 e. The van der Waals surface area contributed by atoms with E-state index in [1.165, 1.54) is 0 Å². The van der Waals surface area contributed by atoms with Gasteiger partial charge in [0.1, 0.15) is 24.4 Å². The van der Waals surface area contributed by atoms with Crippen LogP contribution in [0.25, 0.3) is 0 Å². The van der Waals surface area contributed by atoms with Crippen molar-refractivity contribution in [1.29, 1.82) is 0 Å². The SMILES string of the molecule is NC(CCC(=O)O)C(=O)[O-].O=CC(O)C(O)C(O)C(O)CO.[Na+]. The summed E-state index contributed by atoms with van der Waals surface area (Å²) in [5.74, 6) is -2.47. The maximum atomic E-state index is 9.90. The molecule has 0 spiro atoms. The summed E-state index contributed by atoms with van der Waals surface area (Å²) in [5.41, 5.74) is 4.94. The summed E-state index contributed by atoms with van der Waals surface area (Å²) in [5, 5.41) is 61.5. The van der Waals surface area contributed by atoms with E-state index in [-0.39, 0.29) is 48.7 Å². The van der Waals surface area contributed by atoms with Crippen LogP contribution in [0.2, 0.25) is 0 Å². The predicted molar refractivity (Wildman–Crippen MR) is 67.0 cm³/mol. The van der Waals surface area contributed by atoms with E-state index < -0.39 is 49.0 Å². The summed E-state index contributed by atoms with van der Waals surface area (Å²) in [4.78, 5) is 29.6. The number of hydrogen-bond donors (Lipinski definition) is 7. The number of aliphatic hydroxyl groups is 5. The molecule has 0 aromatic rings. The van der Waals surface area contributed by atoms with Crippen molar-refractivity contribution in [1.82, 2.24) is 0 Å². The Morgan fingerprint density at radius 1 is 1.13 bits per heavy atom. The van der Waals surface area contributed by atoms with Crippen LogP contribution in [0.15, 0.2) is 0 Å². The molecule has 5 atom stereocenters. The molecule has 11 nitrogen and oxygen atoms in total. The molecule has 130 valence electrons. The average Bonchev–Trinajstić information content (AvgIpc) is 2.49. The first kappa shape index (κ1) is 27.2. The van der Waals surface area contributed by atoms with Crippen molar-refractivity contribution in [2.75, 3.05) is 6.61 Å². The number of carbonyl (C=O) groups excluding carboxylic acids is 2. The summed E-state index contributed by atoms with van der Waals surface area (Å²) >= 11 is 0. The van der Waals surface area contributed by atoms with Crippen LogP contribution in [-0.4, -0.2) is 85.9 Å². The van der Waals surface area contributed by atoms with Gasteiger partial charge in [0.2, 0.25) is 0 Å². The third-order valence-electron chi connectivity index (χ3n) is 2.39. The zero-order chi connectivity index (χ0) is 17.9. The van der Waals surface area contributed by atoms with Crippen LogP contribution in [-0.2, 0) is 14.4 Å². The molecule has 23 heavy (non-hydrogen) atoms. The number of carboxylic acid groups (broad SMARTS) is 2. The van der Waals surface area contributed by atoms with Crippen molar-refractivity contribution in [3.63, 3.8) is 0 Å². The van der Waals surface area contributed by atoms with E-state index in [1.807, 2.05) is 0 Å². The van der Waals surface area contributed by atoms with E-state index in [0.29, 0.717) is 0 Å². The molecule has 0 rings (SSSR count). The number of aliphatic hydroxyl groups excluding tert-OH is 5. The van der Waals surface area contributed by atoms with Crippen LogP contribution in [0.4, 0.5) is 0 Å². The predicted octanol–water partition coefficient (Wildman–Crippen LogP) is -8.45. The van der Waals surface area contributed by atoms with Crippen molar-refractivity contribution >= 4 is 18.2 Å². The van der Waals surface area contributed by atoms with Gasteiger partial charge in [-0.25, -0.2) is 0 Å². The fraction of sp³-hybridized carbons (Fsp3) is 0.727. The Labute approximate surface area is 153 Å². The van der Waals surface area contributed by atoms with Gasteiger partial charge < -0.3 is 51.1 Å². The van der Waals surface area contributed by atoms with Gasteiger partial charge >= 0.3 is 35.5 Å². The molecular weight excluding hydrogens is 329 g/mol. The molecule has 12 heteroatoms. The summed E-state index contributed by atoms with van der Waals surface area (Å²) in [6.07, 6.45) is -7.17. The fourth-order valence-corrected chi connectivity index (χ4v) is 1.01. The number of hydrogen-bond acceptors (Lipinski definition) is 10. The number of rotatable bonds is 9. The maximum Gasteiger partial charge on any atom is 1.00 e. The van der Waals surface area contributed by atoms with Gasteiger partial charge in [-0.15, -0.1) is 0 Å². The first-order valence-corrected chi connectivity index (χ1v) is 6.05. The van der Waals surface area contributed by atoms with Crippen LogP contribution >= 0.6 is 0 Å². The monoisotopic (exact) mass is 349 g/mol. The molecule has 0 fully saturated rings. The van der Waals surface area contributed by atoms with Gasteiger partial charge in [-0.3, -0.25) is 4.79 Å². The molecule has 0 radical (unpaired) electrons. The molecule has 0 saturated heterocycles. The zero-order valence-corrected chi connectivity index (χ0v) is 14.5. The Bertz CT molecular complexity index is 356. The van der Waals surface area contributed by atoms with E-state index in [9.17, 15) is 19.5 Å². The second-order valence-corrected chi connectivity index (χ2v) is 4.22. The van der Waals surface area contributed by atoms with E-state index >= 15 is 0 Å². The molecule has 0 aromatic carbocycles. The fourth-order valence-electron chi connectivity index (χ4n) is 1.01. The van der Waals surface area contributed by atoms with Crippen molar-refractivity contribution in [3.8, 4) is 0 Å². The number of aliphatic carboxylic acids is 2. The molecule has 0 heterocycles. The number of aldehydes is 1. The second-order valence-electron chi connectivity index (χ2n) is 4.22. The first-order valence-electron chi connectivity index (χ1n) is 6.05. The van der Waals surface area contributed by atoms with E-state index in [4.69, 9.17) is 36.4 Å². The molecule has 8 N–H and O–H groups in total. The van der Waals surface area contributed by atoms with Crippen molar-refractivity contribution in [2.45, 2.75) is 43.3 Å². The smallest absolute Gasteiger partial charge is 0.548 e. The molecule has 0 saturated carbocycles. The van der Waals surface area contributed by atoms with Crippen LogP contribution < -0.4 is 40.4 Å². The Hall–Kier alpha value is -0.630. The molecule has 0 aliphatic carbocycles. The molecule has 0 bridgehead atoms. The Balaban J connectivity index is -0.000000338. The minimum absolute atomic E-state index is 0. The summed E-state index contributed by atoms with van der Waals surface area (Å²) in [6, 6.07) is -1.17. The standard InChI is InChI=1S/C6H12O6.C5H9NO4.Na/c7-1-3(9)5(11)6(12)4(10)2-8;6-3(5(9)10)1-2-4(7)8;/h1,3-6,8-12H,2H2;3H,1-2,6H2,(H,7,8)(H,9,10);/q;;+1/p-1. The van der Waals surface area contributed by atoms with Crippen LogP contribution in [0.1, 0.15) is 12.8 Å². The Morgan fingerprint density at radius 2 is 1.61 bits per heavy atom. The van der Waals surface area contributed by atoms with Crippen LogP contribution in [0.5, 0.6) is 0 Å². The Kier molecular flexibility index (Phi) is 17.7. The van der Waals surface area contributed by atoms with Gasteiger partial charge in [-0.1, -0.05) is 0 Å². The molecule has 5 unspecified atom stereocenters. The number of carbonyl (C=O) groups is 3.